The van der Waals surface area contributed by atoms with Crippen molar-refractivity contribution in [3.63, 3.8) is 0 Å². The Morgan fingerprint density at radius 2 is 1.83 bits per heavy atom. The van der Waals surface area contributed by atoms with Crippen molar-refractivity contribution < 1.29 is 0 Å². The van der Waals surface area contributed by atoms with Gasteiger partial charge in [0, 0.05) is 24.8 Å². The summed E-state index contributed by atoms with van der Waals surface area (Å²) in [5.41, 5.74) is 2.78. The Bertz CT molecular complexity index is 495. The Hall–Kier alpha value is -1.28. The normalized spacial score (nSPS) is 11.6. The number of nitrogens with zero attached hydrogens (tertiary/aromatic N) is 2. The lowest BCUT2D eigenvalue weighted by atomic mass is 10.1. The number of hydrogen-bond acceptors (Lipinski definition) is 1. The summed E-state index contributed by atoms with van der Waals surface area (Å²) in [6, 6.07) is 9.05. The molecular formula is C16H24N2. The van der Waals surface area contributed by atoms with Crippen LogP contribution in [-0.4, -0.2) is 29.1 Å². The van der Waals surface area contributed by atoms with Gasteiger partial charge < -0.3 is 9.47 Å². The average molecular weight is 244 g/mol. The Morgan fingerprint density at radius 1 is 1.06 bits per heavy atom. The first-order valence-electron chi connectivity index (χ1n) is 7.08. The van der Waals surface area contributed by atoms with Gasteiger partial charge in [0.1, 0.15) is 0 Å². The third-order valence-corrected chi connectivity index (χ3v) is 3.80. The van der Waals surface area contributed by atoms with Gasteiger partial charge >= 0.3 is 0 Å². The summed E-state index contributed by atoms with van der Waals surface area (Å²) >= 11 is 0. The van der Waals surface area contributed by atoms with Gasteiger partial charge in [0.25, 0.3) is 0 Å². The zero-order valence-electron chi connectivity index (χ0n) is 11.8. The summed E-state index contributed by atoms with van der Waals surface area (Å²) in [6.07, 6.45) is 3.33. The fraction of sp³-hybridized carbons (Fsp3) is 0.500. The van der Waals surface area contributed by atoms with E-state index >= 15 is 0 Å². The monoisotopic (exact) mass is 244 g/mol. The highest BCUT2D eigenvalue weighted by Gasteiger charge is 2.03. The molecule has 2 aromatic rings. The second kappa shape index (κ2) is 6.05. The first-order chi connectivity index (χ1) is 8.78. The molecule has 0 amide bonds. The molecule has 1 aromatic carbocycles. The summed E-state index contributed by atoms with van der Waals surface area (Å²) in [5.74, 6) is 0. The molecule has 0 aliphatic carbocycles. The van der Waals surface area contributed by atoms with Crippen molar-refractivity contribution in [3.05, 3.63) is 36.0 Å². The van der Waals surface area contributed by atoms with Crippen LogP contribution < -0.4 is 0 Å². The zero-order chi connectivity index (χ0) is 13.0. The molecule has 1 heterocycles. The van der Waals surface area contributed by atoms with Crippen LogP contribution in [0, 0.1) is 0 Å². The van der Waals surface area contributed by atoms with E-state index in [9.17, 15) is 0 Å². The Kier molecular flexibility index (Phi) is 4.43. The predicted molar refractivity (Wildman–Crippen MR) is 79.1 cm³/mol. The number of hydrogen-bond donors (Lipinski definition) is 0. The molecule has 0 spiro atoms. The van der Waals surface area contributed by atoms with E-state index in [1.165, 1.54) is 16.5 Å². The second-order valence-electron chi connectivity index (χ2n) is 4.78. The van der Waals surface area contributed by atoms with Crippen LogP contribution in [0.3, 0.4) is 0 Å². The van der Waals surface area contributed by atoms with E-state index in [0.717, 1.165) is 32.6 Å². The van der Waals surface area contributed by atoms with Crippen LogP contribution in [0.2, 0.25) is 0 Å². The quantitative estimate of drug-likeness (QED) is 0.754. The minimum atomic E-state index is 1.08. The van der Waals surface area contributed by atoms with Crippen molar-refractivity contribution in [3.8, 4) is 0 Å². The van der Waals surface area contributed by atoms with E-state index in [1.54, 1.807) is 0 Å². The van der Waals surface area contributed by atoms with E-state index in [0.29, 0.717) is 0 Å². The van der Waals surface area contributed by atoms with Gasteiger partial charge in [-0.25, -0.2) is 0 Å². The van der Waals surface area contributed by atoms with Crippen LogP contribution in [0.25, 0.3) is 10.9 Å². The molecule has 2 nitrogen and oxygen atoms in total. The average Bonchev–Trinajstić information content (AvgIpc) is 2.82. The fourth-order valence-corrected chi connectivity index (χ4v) is 2.45. The largest absolute Gasteiger partial charge is 0.346 e. The molecule has 2 rings (SSSR count). The van der Waals surface area contributed by atoms with Crippen molar-refractivity contribution in [2.75, 3.05) is 19.6 Å². The SMILES string of the molecule is CCc1ccc2c(ccn2CCN(CC)CC)c1. The Balaban J connectivity index is 2.14. The number of benzene rings is 1. The molecule has 0 aliphatic rings. The lowest BCUT2D eigenvalue weighted by molar-refractivity contribution is 0.292. The molecule has 0 saturated heterocycles. The van der Waals surface area contributed by atoms with Crippen LogP contribution in [-0.2, 0) is 13.0 Å². The van der Waals surface area contributed by atoms with E-state index < -0.39 is 0 Å². The van der Waals surface area contributed by atoms with Gasteiger partial charge in [-0.1, -0.05) is 26.8 Å². The van der Waals surface area contributed by atoms with Crippen molar-refractivity contribution in [1.29, 1.82) is 0 Å². The Labute approximate surface area is 110 Å². The first-order valence-corrected chi connectivity index (χ1v) is 7.08. The van der Waals surface area contributed by atoms with Crippen LogP contribution in [0.5, 0.6) is 0 Å². The summed E-state index contributed by atoms with van der Waals surface area (Å²) in [4.78, 5) is 2.46. The molecule has 0 atom stereocenters. The number of aromatic nitrogens is 1. The fourth-order valence-electron chi connectivity index (χ4n) is 2.45. The van der Waals surface area contributed by atoms with Gasteiger partial charge in [0.15, 0.2) is 0 Å². The molecule has 0 N–H and O–H groups in total. The lowest BCUT2D eigenvalue weighted by Gasteiger charge is -2.18. The van der Waals surface area contributed by atoms with Gasteiger partial charge in [0.05, 0.1) is 0 Å². The lowest BCUT2D eigenvalue weighted by Crippen LogP contribution is -2.26. The van der Waals surface area contributed by atoms with Crippen LogP contribution in [0.1, 0.15) is 26.3 Å². The maximum Gasteiger partial charge on any atom is 0.0480 e. The van der Waals surface area contributed by atoms with Crippen molar-refractivity contribution >= 4 is 10.9 Å². The van der Waals surface area contributed by atoms with E-state index in [1.807, 2.05) is 0 Å². The topological polar surface area (TPSA) is 8.17 Å². The first kappa shape index (κ1) is 13.2. The van der Waals surface area contributed by atoms with Gasteiger partial charge in [-0.2, -0.15) is 0 Å². The molecule has 2 heteroatoms. The van der Waals surface area contributed by atoms with Crippen LogP contribution in [0.15, 0.2) is 30.5 Å². The number of aryl methyl sites for hydroxylation is 1. The minimum Gasteiger partial charge on any atom is -0.346 e. The molecule has 0 saturated carbocycles. The van der Waals surface area contributed by atoms with Gasteiger partial charge in [-0.15, -0.1) is 0 Å². The molecule has 0 fully saturated rings. The predicted octanol–water partition coefficient (Wildman–Crippen LogP) is 3.55. The van der Waals surface area contributed by atoms with Gasteiger partial charge in [-0.05, 0) is 48.7 Å². The molecule has 1 aromatic heterocycles. The molecule has 0 unspecified atom stereocenters. The highest BCUT2D eigenvalue weighted by atomic mass is 15.1. The maximum atomic E-state index is 2.46. The van der Waals surface area contributed by atoms with Crippen LogP contribution >= 0.6 is 0 Å². The zero-order valence-corrected chi connectivity index (χ0v) is 11.8. The molecular weight excluding hydrogens is 220 g/mol. The minimum absolute atomic E-state index is 1.08. The van der Waals surface area contributed by atoms with Crippen LogP contribution in [0.4, 0.5) is 0 Å². The van der Waals surface area contributed by atoms with Gasteiger partial charge in [0.2, 0.25) is 0 Å². The standard InChI is InChI=1S/C16H24N2/c1-4-14-7-8-16-15(13-14)9-10-18(16)12-11-17(5-2)6-3/h7-10,13H,4-6,11-12H2,1-3H3. The second-order valence-corrected chi connectivity index (χ2v) is 4.78. The van der Waals surface area contributed by atoms with E-state index in [-0.39, 0.29) is 0 Å². The number of likely N-dealkylation sites (N-methyl/N-ethyl adjacent to an activating group) is 1. The number of rotatable bonds is 6. The summed E-state index contributed by atoms with van der Waals surface area (Å²) in [5, 5.41) is 1.37. The van der Waals surface area contributed by atoms with E-state index in [4.69, 9.17) is 0 Å². The smallest absolute Gasteiger partial charge is 0.0480 e. The maximum absolute atomic E-state index is 2.46. The van der Waals surface area contributed by atoms with Crippen molar-refractivity contribution in [1.82, 2.24) is 9.47 Å². The summed E-state index contributed by atoms with van der Waals surface area (Å²) in [7, 11) is 0. The highest BCUT2D eigenvalue weighted by Crippen LogP contribution is 2.18. The Morgan fingerprint density at radius 3 is 2.50 bits per heavy atom. The third kappa shape index (κ3) is 2.75. The molecule has 0 aliphatic heterocycles. The number of fused-ring (bicyclic) bond motifs is 1. The molecule has 0 bridgehead atoms. The van der Waals surface area contributed by atoms with Crippen molar-refractivity contribution in [2.45, 2.75) is 33.7 Å². The molecule has 0 radical (unpaired) electrons. The molecule has 98 valence electrons. The van der Waals surface area contributed by atoms with Gasteiger partial charge in [-0.3, -0.25) is 0 Å². The third-order valence-electron chi connectivity index (χ3n) is 3.80. The van der Waals surface area contributed by atoms with E-state index in [2.05, 4.69) is 60.7 Å². The summed E-state index contributed by atoms with van der Waals surface area (Å²) in [6.45, 7) is 11.1. The molecule has 18 heavy (non-hydrogen) atoms. The highest BCUT2D eigenvalue weighted by molar-refractivity contribution is 5.80. The summed E-state index contributed by atoms with van der Waals surface area (Å²) < 4.78 is 2.37. The van der Waals surface area contributed by atoms with Crippen molar-refractivity contribution in [2.24, 2.45) is 0 Å².